The highest BCUT2D eigenvalue weighted by molar-refractivity contribution is 7.75. The van der Waals surface area contributed by atoms with Crippen LogP contribution in [0.25, 0.3) is 0 Å². The third-order valence-electron chi connectivity index (χ3n) is 2.98. The Hall–Kier alpha value is -1.02. The van der Waals surface area contributed by atoms with Gasteiger partial charge in [0.15, 0.2) is 0 Å². The van der Waals surface area contributed by atoms with Crippen molar-refractivity contribution in [2.45, 2.75) is 18.7 Å². The molecule has 0 aliphatic carbocycles. The average Bonchev–Trinajstić information content (AvgIpc) is 2.49. The number of nitrogens with one attached hydrogen (secondary N) is 1. The maximum absolute atomic E-state index is 13.0. The van der Waals surface area contributed by atoms with E-state index in [1.54, 1.807) is 4.98 Å². The summed E-state index contributed by atoms with van der Waals surface area (Å²) in [5, 5.41) is 5.76. The lowest BCUT2D eigenvalue weighted by molar-refractivity contribution is 0.0426. The van der Waals surface area contributed by atoms with Crippen molar-refractivity contribution >= 4 is 23.0 Å². The van der Waals surface area contributed by atoms with Gasteiger partial charge >= 0.3 is 28.7 Å². The highest BCUT2D eigenvalue weighted by atomic mass is 31.3. The molecule has 0 amide bonds. The molecule has 162 valence electrons. The number of aromatic nitrogens is 2. The first-order valence-electron chi connectivity index (χ1n) is 6.87. The predicted octanol–water partition coefficient (Wildman–Crippen LogP) is -1.19. The first kappa shape index (κ1) is 25.0. The molecule has 0 saturated carbocycles. The van der Waals surface area contributed by atoms with Crippen LogP contribution in [0.5, 0.6) is 0 Å². The molecule has 1 aromatic heterocycles. The fourth-order valence-corrected chi connectivity index (χ4v) is 5.24. The third-order valence-corrected chi connectivity index (χ3v) is 8.91. The van der Waals surface area contributed by atoms with E-state index in [2.05, 4.69) is 8.83 Å². The van der Waals surface area contributed by atoms with Gasteiger partial charge in [0.05, 0.1) is 19.4 Å². The number of hydrogen-bond donors (Lipinski definition) is 6. The van der Waals surface area contributed by atoms with E-state index in [1.165, 1.54) is 0 Å². The van der Waals surface area contributed by atoms with Crippen molar-refractivity contribution in [1.82, 2.24) is 9.55 Å². The molecule has 0 aliphatic heterocycles. The number of ether oxygens (including phenoxy) is 1. The quantitative estimate of drug-likeness (QED) is 0.174. The van der Waals surface area contributed by atoms with E-state index in [-0.39, 0.29) is 6.92 Å². The number of phosphoric ester groups is 1. The van der Waals surface area contributed by atoms with Crippen LogP contribution in [0.2, 0.25) is 0 Å². The van der Waals surface area contributed by atoms with Gasteiger partial charge in [0, 0.05) is 0 Å². The van der Waals surface area contributed by atoms with Gasteiger partial charge in [0.2, 0.25) is 5.82 Å². The van der Waals surface area contributed by atoms with Crippen molar-refractivity contribution in [3.8, 4) is 0 Å². The van der Waals surface area contributed by atoms with Gasteiger partial charge in [-0.15, -0.1) is 0 Å². The van der Waals surface area contributed by atoms with Gasteiger partial charge in [-0.3, -0.25) is 28.0 Å². The Morgan fingerprint density at radius 2 is 1.75 bits per heavy atom. The SMILES string of the molecule is CC(O)(P(=O)(O)O)P(=O)(O)OP(=O)(O)OCCOCn1cc(F)c(=O)[nH]c1=O. The van der Waals surface area contributed by atoms with Gasteiger partial charge in [-0.1, -0.05) is 0 Å². The van der Waals surface area contributed by atoms with E-state index in [4.69, 9.17) is 14.5 Å². The number of phosphoric acid groups is 1. The van der Waals surface area contributed by atoms with Crippen molar-refractivity contribution in [3.63, 3.8) is 0 Å². The lowest BCUT2D eigenvalue weighted by Gasteiger charge is -2.28. The molecule has 0 bridgehead atoms. The molecular weight excluding hydrogens is 456 g/mol. The molecule has 0 fully saturated rings. The monoisotopic (exact) mass is 472 g/mol. The average molecular weight is 472 g/mol. The Bertz CT molecular complexity index is 965. The topological polar surface area (TPSA) is 235 Å². The van der Waals surface area contributed by atoms with Gasteiger partial charge in [-0.2, -0.15) is 4.39 Å². The van der Waals surface area contributed by atoms with Crippen LogP contribution in [0.1, 0.15) is 6.92 Å². The van der Waals surface area contributed by atoms with Crippen LogP contribution < -0.4 is 11.2 Å². The van der Waals surface area contributed by atoms with Crippen molar-refractivity contribution in [3.05, 3.63) is 32.9 Å². The second-order valence-corrected chi connectivity index (χ2v) is 11.2. The molecule has 0 aliphatic rings. The number of halogens is 1. The first-order chi connectivity index (χ1) is 12.5. The van der Waals surface area contributed by atoms with E-state index < -0.39 is 65.1 Å². The zero-order valence-electron chi connectivity index (χ0n) is 13.9. The lowest BCUT2D eigenvalue weighted by atomic mass is 10.6. The van der Waals surface area contributed by atoms with Crippen LogP contribution in [0.3, 0.4) is 0 Å². The summed E-state index contributed by atoms with van der Waals surface area (Å²) in [5.74, 6) is -1.27. The zero-order valence-corrected chi connectivity index (χ0v) is 16.6. The second-order valence-electron chi connectivity index (χ2n) is 5.16. The Labute approximate surface area is 154 Å². The molecule has 28 heavy (non-hydrogen) atoms. The molecule has 0 spiro atoms. The van der Waals surface area contributed by atoms with E-state index in [0.29, 0.717) is 10.8 Å². The zero-order chi connectivity index (χ0) is 22.0. The maximum Gasteiger partial charge on any atom is 0.479 e. The molecule has 1 heterocycles. The molecule has 3 atom stereocenters. The van der Waals surface area contributed by atoms with E-state index in [1.807, 2.05) is 0 Å². The van der Waals surface area contributed by atoms with Gasteiger partial charge in [0.1, 0.15) is 6.73 Å². The molecule has 15 nitrogen and oxygen atoms in total. The molecule has 0 aromatic carbocycles. The summed E-state index contributed by atoms with van der Waals surface area (Å²) in [5.41, 5.74) is -2.26. The predicted molar refractivity (Wildman–Crippen MR) is 86.6 cm³/mol. The molecule has 1 rings (SSSR count). The molecule has 0 radical (unpaired) electrons. The fourth-order valence-electron chi connectivity index (χ4n) is 1.36. The largest absolute Gasteiger partial charge is 0.479 e. The van der Waals surface area contributed by atoms with Crippen molar-refractivity contribution in [1.29, 1.82) is 0 Å². The van der Waals surface area contributed by atoms with Crippen molar-refractivity contribution < 1.29 is 56.3 Å². The normalized spacial score (nSPS) is 18.8. The third kappa shape index (κ3) is 6.24. The summed E-state index contributed by atoms with van der Waals surface area (Å²) < 4.78 is 60.8. The number of aromatic amines is 1. The minimum Gasteiger partial charge on any atom is -0.368 e. The highest BCUT2D eigenvalue weighted by Gasteiger charge is 2.59. The smallest absolute Gasteiger partial charge is 0.368 e. The summed E-state index contributed by atoms with van der Waals surface area (Å²) in [7, 11) is -16.8. The van der Waals surface area contributed by atoms with Crippen LogP contribution in [0.4, 0.5) is 4.39 Å². The van der Waals surface area contributed by atoms with Crippen molar-refractivity contribution in [2.75, 3.05) is 13.2 Å². The van der Waals surface area contributed by atoms with Crippen molar-refractivity contribution in [2.24, 2.45) is 0 Å². The summed E-state index contributed by atoms with van der Waals surface area (Å²) in [6, 6.07) is 0. The lowest BCUT2D eigenvalue weighted by Crippen LogP contribution is -2.32. The Balaban J connectivity index is 2.61. The fraction of sp³-hybridized carbons (Fsp3) is 0.556. The number of H-pyrrole nitrogens is 1. The minimum absolute atomic E-state index is 0.221. The molecule has 1 aromatic rings. The van der Waals surface area contributed by atoms with Crippen LogP contribution >= 0.6 is 23.0 Å². The first-order valence-corrected chi connectivity index (χ1v) is 11.6. The molecule has 0 saturated heterocycles. The van der Waals surface area contributed by atoms with Crippen LogP contribution in [0.15, 0.2) is 15.8 Å². The van der Waals surface area contributed by atoms with E-state index >= 15 is 0 Å². The summed E-state index contributed by atoms with van der Waals surface area (Å²) in [4.78, 5) is 60.2. The summed E-state index contributed by atoms with van der Waals surface area (Å²) in [6.07, 6.45) is 0.536. The van der Waals surface area contributed by atoms with E-state index in [9.17, 15) is 42.6 Å². The van der Waals surface area contributed by atoms with Crippen LogP contribution in [-0.2, 0) is 34.0 Å². The number of rotatable bonds is 10. The number of nitrogens with zero attached hydrogens (tertiary/aromatic N) is 1. The summed E-state index contributed by atoms with van der Waals surface area (Å²) in [6.45, 7) is -1.74. The molecule has 19 heteroatoms. The number of aliphatic hydroxyl groups is 1. The number of hydrogen-bond acceptors (Lipinski definition) is 9. The van der Waals surface area contributed by atoms with E-state index in [0.717, 1.165) is 0 Å². The van der Waals surface area contributed by atoms with Gasteiger partial charge < -0.3 is 29.4 Å². The molecular formula is C9H16FN2O13P3. The highest BCUT2D eigenvalue weighted by Crippen LogP contribution is 2.74. The Kier molecular flexibility index (Phi) is 7.84. The molecule has 3 unspecified atom stereocenters. The Morgan fingerprint density at radius 3 is 2.29 bits per heavy atom. The standard InChI is InChI=1S/C9H16FN2O13P3/c1-9(15,26(16,17)18)27(19,20)25-28(21,22)24-3-2-23-5-12-4-6(10)7(13)11-8(12)14/h4,15H,2-3,5H2,1H3,(H,19,20)(H,21,22)(H,11,13,14)(H2,16,17,18). The van der Waals surface area contributed by atoms with Crippen LogP contribution in [-0.4, -0.2) is 52.5 Å². The summed E-state index contributed by atoms with van der Waals surface area (Å²) >= 11 is 0. The van der Waals surface area contributed by atoms with Gasteiger partial charge in [-0.25, -0.2) is 13.7 Å². The van der Waals surface area contributed by atoms with Crippen LogP contribution in [0, 0.1) is 5.82 Å². The Morgan fingerprint density at radius 1 is 1.18 bits per heavy atom. The second kappa shape index (κ2) is 8.78. The maximum atomic E-state index is 13.0. The molecule has 6 N–H and O–H groups in total. The van der Waals surface area contributed by atoms with Gasteiger partial charge in [0.25, 0.3) is 10.6 Å². The minimum atomic E-state index is -5.77. The van der Waals surface area contributed by atoms with Gasteiger partial charge in [-0.05, 0) is 6.92 Å².